The largest absolute Gasteiger partial charge is 0.369 e. The van der Waals surface area contributed by atoms with Crippen LogP contribution >= 0.6 is 11.3 Å². The van der Waals surface area contributed by atoms with Crippen LogP contribution in [0.3, 0.4) is 0 Å². The van der Waals surface area contributed by atoms with Crippen molar-refractivity contribution in [1.29, 1.82) is 0 Å². The molecule has 1 fully saturated rings. The molecule has 1 aromatic carbocycles. The molecule has 138 valence electrons. The molecule has 0 atom stereocenters. The van der Waals surface area contributed by atoms with Gasteiger partial charge in [-0.15, -0.1) is 11.3 Å². The summed E-state index contributed by atoms with van der Waals surface area (Å²) in [5, 5.41) is 1.62. The van der Waals surface area contributed by atoms with Gasteiger partial charge in [0.05, 0.1) is 9.77 Å². The summed E-state index contributed by atoms with van der Waals surface area (Å²) >= 11 is 1.25. The van der Waals surface area contributed by atoms with Crippen LogP contribution in [-0.4, -0.2) is 44.7 Å². The van der Waals surface area contributed by atoms with Gasteiger partial charge in [-0.05, 0) is 42.7 Å². The maximum atomic E-state index is 13.1. The molecule has 4 rings (SSSR count). The summed E-state index contributed by atoms with van der Waals surface area (Å²) in [7, 11) is -3.59. The van der Waals surface area contributed by atoms with Crippen LogP contribution in [0.5, 0.6) is 0 Å². The van der Waals surface area contributed by atoms with Crippen LogP contribution in [0.15, 0.2) is 34.5 Å². The number of carbonyl (C=O) groups excluding carboxylic acids is 1. The van der Waals surface area contributed by atoms with E-state index in [1.807, 2.05) is 0 Å². The fourth-order valence-corrected chi connectivity index (χ4v) is 6.66. The molecule has 8 heteroatoms. The lowest BCUT2D eigenvalue weighted by molar-refractivity contribution is 0.0976. The predicted octanol–water partition coefficient (Wildman–Crippen LogP) is 2.92. The van der Waals surface area contributed by atoms with Crippen molar-refractivity contribution in [3.05, 3.63) is 45.9 Å². The first-order chi connectivity index (χ1) is 12.5. The average Bonchev–Trinajstić information content (AvgIpc) is 3.09. The zero-order chi connectivity index (χ0) is 18.3. The number of halogens is 1. The van der Waals surface area contributed by atoms with Crippen molar-refractivity contribution in [2.75, 3.05) is 31.1 Å². The highest BCUT2D eigenvalue weighted by Gasteiger charge is 2.34. The second kappa shape index (κ2) is 6.75. The predicted molar refractivity (Wildman–Crippen MR) is 99.0 cm³/mol. The van der Waals surface area contributed by atoms with E-state index >= 15 is 0 Å². The Balaban J connectivity index is 1.52. The smallest absolute Gasteiger partial charge is 0.244 e. The third kappa shape index (κ3) is 3.06. The van der Waals surface area contributed by atoms with Crippen LogP contribution in [0.2, 0.25) is 0 Å². The van der Waals surface area contributed by atoms with Crippen LogP contribution in [0.1, 0.15) is 28.1 Å². The number of benzene rings is 1. The number of nitrogens with zero attached hydrogens (tertiary/aromatic N) is 2. The van der Waals surface area contributed by atoms with Gasteiger partial charge < -0.3 is 4.90 Å². The highest BCUT2D eigenvalue weighted by atomic mass is 32.2. The molecule has 26 heavy (non-hydrogen) atoms. The quantitative estimate of drug-likeness (QED) is 0.803. The second-order valence-corrected chi connectivity index (χ2v) is 9.34. The molecule has 2 aliphatic rings. The number of anilines is 1. The molecule has 0 amide bonds. The van der Waals surface area contributed by atoms with Gasteiger partial charge in [0.25, 0.3) is 0 Å². The van der Waals surface area contributed by atoms with Crippen molar-refractivity contribution >= 4 is 32.8 Å². The number of carbonyl (C=O) groups is 1. The number of rotatable bonds is 3. The van der Waals surface area contributed by atoms with Gasteiger partial charge in [0.1, 0.15) is 5.82 Å². The van der Waals surface area contributed by atoms with Gasteiger partial charge in [0.15, 0.2) is 5.78 Å². The van der Waals surface area contributed by atoms with E-state index in [-0.39, 0.29) is 11.6 Å². The van der Waals surface area contributed by atoms with Gasteiger partial charge in [0.2, 0.25) is 10.0 Å². The molecule has 0 N–H and O–H groups in total. The first kappa shape index (κ1) is 17.6. The molecular formula is C18H19FN2O3S2. The van der Waals surface area contributed by atoms with Crippen LogP contribution in [0, 0.1) is 5.82 Å². The van der Waals surface area contributed by atoms with E-state index in [4.69, 9.17) is 0 Å². The number of ketones is 1. The van der Waals surface area contributed by atoms with Crippen LogP contribution in [0.25, 0.3) is 0 Å². The van der Waals surface area contributed by atoms with Crippen molar-refractivity contribution in [2.24, 2.45) is 0 Å². The molecule has 1 aliphatic heterocycles. The van der Waals surface area contributed by atoms with Gasteiger partial charge in [-0.3, -0.25) is 4.79 Å². The summed E-state index contributed by atoms with van der Waals surface area (Å²) in [5.41, 5.74) is 1.59. The first-order valence-corrected chi connectivity index (χ1v) is 10.9. The van der Waals surface area contributed by atoms with E-state index in [0.29, 0.717) is 60.8 Å². The van der Waals surface area contributed by atoms with Crippen molar-refractivity contribution in [3.8, 4) is 0 Å². The molecule has 0 spiro atoms. The van der Waals surface area contributed by atoms with E-state index in [1.165, 1.54) is 27.8 Å². The summed E-state index contributed by atoms with van der Waals surface area (Å²) < 4.78 is 40.7. The van der Waals surface area contributed by atoms with Gasteiger partial charge in [0, 0.05) is 43.7 Å². The minimum Gasteiger partial charge on any atom is -0.369 e. The molecule has 2 heterocycles. The van der Waals surface area contributed by atoms with Gasteiger partial charge in [-0.1, -0.05) is 0 Å². The molecular weight excluding hydrogens is 375 g/mol. The Morgan fingerprint density at radius 3 is 2.38 bits per heavy atom. The van der Waals surface area contributed by atoms with Gasteiger partial charge in [-0.2, -0.15) is 4.31 Å². The van der Waals surface area contributed by atoms with Gasteiger partial charge in [-0.25, -0.2) is 12.8 Å². The highest BCUT2D eigenvalue weighted by Crippen LogP contribution is 2.34. The Bertz CT molecular complexity index is 930. The van der Waals surface area contributed by atoms with Crippen LogP contribution < -0.4 is 4.90 Å². The summed E-state index contributed by atoms with van der Waals surface area (Å²) in [5.74, 6) is -0.231. The molecule has 2 aromatic rings. The molecule has 0 unspecified atom stereocenters. The fourth-order valence-electron chi connectivity index (χ4n) is 3.57. The molecule has 0 radical (unpaired) electrons. The summed E-state index contributed by atoms with van der Waals surface area (Å²) in [6.07, 6.45) is 1.86. The molecule has 0 saturated carbocycles. The first-order valence-electron chi connectivity index (χ1n) is 8.61. The number of hydrogen-bond donors (Lipinski definition) is 0. The molecule has 0 bridgehead atoms. The zero-order valence-corrected chi connectivity index (χ0v) is 15.8. The van der Waals surface area contributed by atoms with Crippen LogP contribution in [0.4, 0.5) is 10.1 Å². The fraction of sp³-hybridized carbons (Fsp3) is 0.389. The van der Waals surface area contributed by atoms with E-state index in [0.717, 1.165) is 5.69 Å². The second-order valence-electron chi connectivity index (χ2n) is 6.55. The topological polar surface area (TPSA) is 57.7 Å². The van der Waals surface area contributed by atoms with Crippen molar-refractivity contribution < 1.29 is 17.6 Å². The maximum absolute atomic E-state index is 13.1. The van der Waals surface area contributed by atoms with Crippen molar-refractivity contribution in [3.63, 3.8) is 0 Å². The number of hydrogen-bond acceptors (Lipinski definition) is 5. The summed E-state index contributed by atoms with van der Waals surface area (Å²) in [6.45, 7) is 1.85. The standard InChI is InChI=1S/C18H19FN2O3S2/c19-13-4-6-14(7-5-13)20-8-10-21(11-9-20)26(23,24)17-12-25-18-15(17)2-1-3-16(18)22/h4-7,12H,1-3,8-11H2. The number of piperazine rings is 1. The number of thiophene rings is 1. The molecule has 1 aromatic heterocycles. The molecule has 5 nitrogen and oxygen atoms in total. The number of sulfonamides is 1. The Labute approximate surface area is 156 Å². The normalized spacial score (nSPS) is 18.8. The molecule has 1 aliphatic carbocycles. The van der Waals surface area contributed by atoms with Gasteiger partial charge >= 0.3 is 0 Å². The Morgan fingerprint density at radius 1 is 1.00 bits per heavy atom. The zero-order valence-electron chi connectivity index (χ0n) is 14.2. The molecule has 1 saturated heterocycles. The Morgan fingerprint density at radius 2 is 1.69 bits per heavy atom. The minimum atomic E-state index is -3.59. The highest BCUT2D eigenvalue weighted by molar-refractivity contribution is 7.89. The lowest BCUT2D eigenvalue weighted by Crippen LogP contribution is -2.48. The monoisotopic (exact) mass is 394 g/mol. The Hall–Kier alpha value is -1.77. The summed E-state index contributed by atoms with van der Waals surface area (Å²) in [6, 6.07) is 6.24. The third-order valence-corrected chi connectivity index (χ3v) is 8.17. The lowest BCUT2D eigenvalue weighted by Gasteiger charge is -2.35. The van der Waals surface area contributed by atoms with Crippen molar-refractivity contribution in [1.82, 2.24) is 4.31 Å². The minimum absolute atomic E-state index is 0.0545. The van der Waals surface area contributed by atoms with E-state index in [1.54, 1.807) is 17.5 Å². The maximum Gasteiger partial charge on any atom is 0.244 e. The number of fused-ring (bicyclic) bond motifs is 1. The summed E-state index contributed by atoms with van der Waals surface area (Å²) in [4.78, 5) is 15.0. The number of Topliss-reactive ketones (excluding diaryl/α,β-unsaturated/α-hetero) is 1. The van der Waals surface area contributed by atoms with E-state index in [9.17, 15) is 17.6 Å². The van der Waals surface area contributed by atoms with Crippen molar-refractivity contribution in [2.45, 2.75) is 24.2 Å². The van der Waals surface area contributed by atoms with E-state index < -0.39 is 10.0 Å². The lowest BCUT2D eigenvalue weighted by atomic mass is 9.98. The third-order valence-electron chi connectivity index (χ3n) is 4.99. The van der Waals surface area contributed by atoms with E-state index in [2.05, 4.69) is 4.90 Å². The Kier molecular flexibility index (Phi) is 4.58. The van der Waals surface area contributed by atoms with Crippen LogP contribution in [-0.2, 0) is 16.4 Å². The average molecular weight is 394 g/mol. The SMILES string of the molecule is O=C1CCCc2c(S(=O)(=O)N3CCN(c4ccc(F)cc4)CC3)csc21.